The van der Waals surface area contributed by atoms with E-state index in [4.69, 9.17) is 14.2 Å². The van der Waals surface area contributed by atoms with E-state index in [1.807, 2.05) is 20.8 Å². The van der Waals surface area contributed by atoms with Crippen LogP contribution in [0.15, 0.2) is 0 Å². The molecule has 1 unspecified atom stereocenters. The van der Waals surface area contributed by atoms with Crippen LogP contribution in [0, 0.1) is 0 Å². The molecule has 0 radical (unpaired) electrons. The van der Waals surface area contributed by atoms with E-state index in [0.717, 1.165) is 0 Å². The van der Waals surface area contributed by atoms with Gasteiger partial charge in [-0.2, -0.15) is 0 Å². The molecule has 0 aromatic heterocycles. The Labute approximate surface area is 68.6 Å². The van der Waals surface area contributed by atoms with Crippen molar-refractivity contribution in [1.29, 1.82) is 0 Å². The summed E-state index contributed by atoms with van der Waals surface area (Å²) in [4.78, 5) is 0. The third kappa shape index (κ3) is 4.35. The lowest BCUT2D eigenvalue weighted by molar-refractivity contribution is -0.191. The maximum absolute atomic E-state index is 5.29. The largest absolute Gasteiger partial charge is 0.376 e. The van der Waals surface area contributed by atoms with Crippen molar-refractivity contribution < 1.29 is 14.2 Å². The first-order chi connectivity index (χ1) is 5.26. The molecule has 0 amide bonds. The molecule has 11 heavy (non-hydrogen) atoms. The van der Waals surface area contributed by atoms with Crippen molar-refractivity contribution in [3.8, 4) is 0 Å². The zero-order valence-electron chi connectivity index (χ0n) is 7.79. The first kappa shape index (κ1) is 10.9. The smallest absolute Gasteiger partial charge is 0.183 e. The number of hydrogen-bond acceptors (Lipinski definition) is 3. The molecule has 3 heteroatoms. The second kappa shape index (κ2) is 6.58. The van der Waals surface area contributed by atoms with Crippen molar-refractivity contribution in [2.24, 2.45) is 0 Å². The van der Waals surface area contributed by atoms with Crippen LogP contribution in [0.25, 0.3) is 0 Å². The van der Waals surface area contributed by atoms with Crippen LogP contribution >= 0.6 is 0 Å². The second-order valence-corrected chi connectivity index (χ2v) is 2.22. The summed E-state index contributed by atoms with van der Waals surface area (Å²) in [5.74, 6) is 0. The van der Waals surface area contributed by atoms with Crippen LogP contribution < -0.4 is 0 Å². The first-order valence-corrected chi connectivity index (χ1v) is 4.02. The fourth-order valence-electron chi connectivity index (χ4n) is 0.759. The fraction of sp³-hybridized carbons (Fsp3) is 1.00. The molecule has 0 saturated heterocycles. The van der Waals surface area contributed by atoms with Crippen molar-refractivity contribution in [2.75, 3.05) is 20.3 Å². The van der Waals surface area contributed by atoms with Gasteiger partial charge in [0, 0.05) is 20.3 Å². The number of ether oxygens (including phenoxy) is 3. The lowest BCUT2D eigenvalue weighted by atomic mass is 10.4. The molecule has 0 aromatic rings. The first-order valence-electron chi connectivity index (χ1n) is 4.02. The summed E-state index contributed by atoms with van der Waals surface area (Å²) < 4.78 is 15.6. The Kier molecular flexibility index (Phi) is 6.51. The van der Waals surface area contributed by atoms with Gasteiger partial charge in [0.25, 0.3) is 0 Å². The molecule has 0 aliphatic carbocycles. The lowest BCUT2D eigenvalue weighted by Crippen LogP contribution is -2.31. The third-order valence-electron chi connectivity index (χ3n) is 1.42. The van der Waals surface area contributed by atoms with Crippen molar-refractivity contribution in [1.82, 2.24) is 0 Å². The lowest BCUT2D eigenvalue weighted by Gasteiger charge is -2.21. The molecule has 0 rings (SSSR count). The van der Waals surface area contributed by atoms with Gasteiger partial charge in [0.2, 0.25) is 0 Å². The molecule has 0 aliphatic heterocycles. The highest BCUT2D eigenvalue weighted by molar-refractivity contribution is 4.53. The highest BCUT2D eigenvalue weighted by atomic mass is 16.7. The van der Waals surface area contributed by atoms with Gasteiger partial charge in [0.05, 0.1) is 0 Å². The molecule has 0 fully saturated rings. The van der Waals surface area contributed by atoms with Crippen LogP contribution in [0.2, 0.25) is 0 Å². The van der Waals surface area contributed by atoms with Gasteiger partial charge in [-0.15, -0.1) is 0 Å². The van der Waals surface area contributed by atoms with E-state index in [1.54, 1.807) is 7.11 Å². The molecule has 0 aromatic carbocycles. The highest BCUT2D eigenvalue weighted by Gasteiger charge is 2.15. The van der Waals surface area contributed by atoms with Crippen molar-refractivity contribution in [3.05, 3.63) is 0 Å². The Morgan fingerprint density at radius 2 is 1.55 bits per heavy atom. The van der Waals surface area contributed by atoms with Crippen LogP contribution in [-0.2, 0) is 14.2 Å². The summed E-state index contributed by atoms with van der Waals surface area (Å²) in [6.07, 6.45) is -0.232. The highest BCUT2D eigenvalue weighted by Crippen LogP contribution is 2.04. The molecule has 68 valence electrons. The van der Waals surface area contributed by atoms with Gasteiger partial charge in [-0.3, -0.25) is 0 Å². The Hall–Kier alpha value is -0.120. The van der Waals surface area contributed by atoms with Gasteiger partial charge in [0.15, 0.2) is 6.29 Å². The van der Waals surface area contributed by atoms with Gasteiger partial charge in [0.1, 0.15) is 6.10 Å². The molecular formula is C8H18O3. The molecule has 0 bridgehead atoms. The molecule has 0 spiro atoms. The van der Waals surface area contributed by atoms with Crippen LogP contribution in [0.5, 0.6) is 0 Å². The maximum Gasteiger partial charge on any atom is 0.183 e. The van der Waals surface area contributed by atoms with Crippen LogP contribution in [-0.4, -0.2) is 32.7 Å². The van der Waals surface area contributed by atoms with Crippen LogP contribution in [0.3, 0.4) is 0 Å². The third-order valence-corrected chi connectivity index (χ3v) is 1.42. The summed E-state index contributed by atoms with van der Waals surface area (Å²) in [5, 5.41) is 0. The zero-order chi connectivity index (χ0) is 8.69. The van der Waals surface area contributed by atoms with E-state index < -0.39 is 0 Å². The molecule has 0 aliphatic rings. The summed E-state index contributed by atoms with van der Waals surface area (Å²) in [7, 11) is 1.65. The predicted molar refractivity (Wildman–Crippen MR) is 43.5 cm³/mol. The quantitative estimate of drug-likeness (QED) is 0.553. The second-order valence-electron chi connectivity index (χ2n) is 2.22. The monoisotopic (exact) mass is 162 g/mol. The van der Waals surface area contributed by atoms with Crippen LogP contribution in [0.4, 0.5) is 0 Å². The van der Waals surface area contributed by atoms with E-state index in [9.17, 15) is 0 Å². The minimum Gasteiger partial charge on any atom is -0.376 e. The summed E-state index contributed by atoms with van der Waals surface area (Å²) in [6.45, 7) is 7.11. The number of hydrogen-bond donors (Lipinski definition) is 0. The fourth-order valence-corrected chi connectivity index (χ4v) is 0.759. The van der Waals surface area contributed by atoms with E-state index in [-0.39, 0.29) is 12.4 Å². The molecule has 1 atom stereocenters. The SMILES string of the molecule is CCOC(OCC)C(C)OC. The topological polar surface area (TPSA) is 27.7 Å². The molecule has 0 N–H and O–H groups in total. The molecule has 0 heterocycles. The minimum atomic E-state index is -0.227. The number of methoxy groups -OCH3 is 1. The average molecular weight is 162 g/mol. The van der Waals surface area contributed by atoms with Gasteiger partial charge in [-0.25, -0.2) is 0 Å². The van der Waals surface area contributed by atoms with Gasteiger partial charge < -0.3 is 14.2 Å². The maximum atomic E-state index is 5.29. The van der Waals surface area contributed by atoms with Gasteiger partial charge >= 0.3 is 0 Å². The normalized spacial score (nSPS) is 13.9. The van der Waals surface area contributed by atoms with Gasteiger partial charge in [-0.1, -0.05) is 0 Å². The average Bonchev–Trinajstić information content (AvgIpc) is 2.03. The minimum absolute atomic E-state index is 0.00472. The molecule has 3 nitrogen and oxygen atoms in total. The summed E-state index contributed by atoms with van der Waals surface area (Å²) >= 11 is 0. The Bertz CT molecular complexity index is 79.4. The van der Waals surface area contributed by atoms with Crippen LogP contribution in [0.1, 0.15) is 20.8 Å². The summed E-state index contributed by atoms with van der Waals surface area (Å²) in [5.41, 5.74) is 0. The van der Waals surface area contributed by atoms with Gasteiger partial charge in [-0.05, 0) is 20.8 Å². The molecular weight excluding hydrogens is 144 g/mol. The zero-order valence-corrected chi connectivity index (χ0v) is 7.79. The van der Waals surface area contributed by atoms with E-state index in [0.29, 0.717) is 13.2 Å². The van der Waals surface area contributed by atoms with E-state index in [2.05, 4.69) is 0 Å². The standard InChI is InChI=1S/C8H18O3/c1-5-10-8(11-6-2)7(3)9-4/h7-8H,5-6H2,1-4H3. The van der Waals surface area contributed by atoms with Crippen molar-refractivity contribution in [2.45, 2.75) is 33.2 Å². The molecule has 0 saturated carbocycles. The van der Waals surface area contributed by atoms with Crippen molar-refractivity contribution >= 4 is 0 Å². The van der Waals surface area contributed by atoms with E-state index in [1.165, 1.54) is 0 Å². The Morgan fingerprint density at radius 1 is 1.09 bits per heavy atom. The predicted octanol–water partition coefficient (Wildman–Crippen LogP) is 1.42. The Balaban J connectivity index is 3.66. The Morgan fingerprint density at radius 3 is 1.82 bits per heavy atom. The number of rotatable bonds is 6. The van der Waals surface area contributed by atoms with Crippen molar-refractivity contribution in [3.63, 3.8) is 0 Å². The van der Waals surface area contributed by atoms with E-state index >= 15 is 0 Å². The summed E-state index contributed by atoms with van der Waals surface area (Å²) in [6, 6.07) is 0.